The summed E-state index contributed by atoms with van der Waals surface area (Å²) < 4.78 is 0. The van der Waals surface area contributed by atoms with E-state index in [2.05, 4.69) is 45.5 Å². The SMILES string of the molecule is CNCCC1CCCCN1c1ccnc2ccccc12. The number of hydrogen-bond acceptors (Lipinski definition) is 3. The summed E-state index contributed by atoms with van der Waals surface area (Å²) in [6.45, 7) is 2.26. The predicted octanol–water partition coefficient (Wildman–Crippen LogP) is 3.20. The van der Waals surface area contributed by atoms with Crippen molar-refractivity contribution in [3.8, 4) is 0 Å². The molecule has 0 amide bonds. The second kappa shape index (κ2) is 6.23. The third kappa shape index (κ3) is 2.63. The highest BCUT2D eigenvalue weighted by atomic mass is 15.2. The van der Waals surface area contributed by atoms with Crippen molar-refractivity contribution in [1.82, 2.24) is 10.3 Å². The van der Waals surface area contributed by atoms with Crippen molar-refractivity contribution in [2.75, 3.05) is 25.0 Å². The number of nitrogens with one attached hydrogen (secondary N) is 1. The van der Waals surface area contributed by atoms with Gasteiger partial charge in [-0.15, -0.1) is 0 Å². The molecule has 2 heterocycles. The summed E-state index contributed by atoms with van der Waals surface area (Å²) in [6, 6.07) is 11.3. The Balaban J connectivity index is 1.95. The first-order valence-corrected chi connectivity index (χ1v) is 7.65. The van der Waals surface area contributed by atoms with E-state index in [1.165, 1.54) is 43.3 Å². The van der Waals surface area contributed by atoms with Crippen LogP contribution in [0.1, 0.15) is 25.7 Å². The van der Waals surface area contributed by atoms with Gasteiger partial charge in [0.2, 0.25) is 0 Å². The molecule has 1 aromatic heterocycles. The number of piperidine rings is 1. The predicted molar refractivity (Wildman–Crippen MR) is 85.3 cm³/mol. The van der Waals surface area contributed by atoms with Crippen LogP contribution in [0.15, 0.2) is 36.5 Å². The molecular weight excluding hydrogens is 246 g/mol. The fourth-order valence-electron chi connectivity index (χ4n) is 3.26. The van der Waals surface area contributed by atoms with Gasteiger partial charge < -0.3 is 10.2 Å². The van der Waals surface area contributed by atoms with E-state index < -0.39 is 0 Å². The van der Waals surface area contributed by atoms with Crippen LogP contribution in [0.4, 0.5) is 5.69 Å². The first kappa shape index (κ1) is 13.4. The molecule has 1 atom stereocenters. The molecule has 1 fully saturated rings. The zero-order valence-electron chi connectivity index (χ0n) is 12.2. The van der Waals surface area contributed by atoms with Crippen LogP contribution in [0.2, 0.25) is 0 Å². The lowest BCUT2D eigenvalue weighted by Gasteiger charge is -2.38. The average Bonchev–Trinajstić information content (AvgIpc) is 2.53. The summed E-state index contributed by atoms with van der Waals surface area (Å²) >= 11 is 0. The molecule has 20 heavy (non-hydrogen) atoms. The number of benzene rings is 1. The van der Waals surface area contributed by atoms with E-state index in [1.54, 1.807) is 0 Å². The first-order chi connectivity index (χ1) is 9.90. The largest absolute Gasteiger partial charge is 0.368 e. The summed E-state index contributed by atoms with van der Waals surface area (Å²) in [5, 5.41) is 4.57. The maximum Gasteiger partial charge on any atom is 0.0722 e. The van der Waals surface area contributed by atoms with E-state index in [-0.39, 0.29) is 0 Å². The lowest BCUT2D eigenvalue weighted by molar-refractivity contribution is 0.434. The maximum absolute atomic E-state index is 4.48. The summed E-state index contributed by atoms with van der Waals surface area (Å²) in [5.41, 5.74) is 2.46. The van der Waals surface area contributed by atoms with Crippen molar-refractivity contribution in [1.29, 1.82) is 0 Å². The highest BCUT2D eigenvalue weighted by Crippen LogP contribution is 2.31. The number of para-hydroxylation sites is 1. The van der Waals surface area contributed by atoms with Crippen LogP contribution in [-0.4, -0.2) is 31.2 Å². The quantitative estimate of drug-likeness (QED) is 0.924. The van der Waals surface area contributed by atoms with Gasteiger partial charge in [-0.2, -0.15) is 0 Å². The van der Waals surface area contributed by atoms with Crippen LogP contribution in [0, 0.1) is 0 Å². The van der Waals surface area contributed by atoms with Crippen LogP contribution < -0.4 is 10.2 Å². The second-order valence-electron chi connectivity index (χ2n) is 5.58. The standard InChI is InChI=1S/C17H23N3/c1-18-11-9-14-6-4-5-13-20(14)17-10-12-19-16-8-3-2-7-15(16)17/h2-3,7-8,10,12,14,18H,4-6,9,11,13H2,1H3. The van der Waals surface area contributed by atoms with Crippen molar-refractivity contribution < 1.29 is 0 Å². The van der Waals surface area contributed by atoms with Gasteiger partial charge in [0, 0.05) is 29.9 Å². The van der Waals surface area contributed by atoms with Crippen molar-refractivity contribution in [3.63, 3.8) is 0 Å². The number of anilines is 1. The fourth-order valence-corrected chi connectivity index (χ4v) is 3.26. The van der Waals surface area contributed by atoms with Gasteiger partial charge in [0.15, 0.2) is 0 Å². The Labute approximate surface area is 121 Å². The highest BCUT2D eigenvalue weighted by Gasteiger charge is 2.23. The molecule has 1 unspecified atom stereocenters. The Kier molecular flexibility index (Phi) is 4.16. The molecule has 0 aliphatic carbocycles. The third-order valence-electron chi connectivity index (χ3n) is 4.29. The number of aromatic nitrogens is 1. The molecule has 0 spiro atoms. The molecule has 1 aliphatic rings. The van der Waals surface area contributed by atoms with Gasteiger partial charge in [0.05, 0.1) is 5.52 Å². The van der Waals surface area contributed by atoms with Gasteiger partial charge in [0.25, 0.3) is 0 Å². The summed E-state index contributed by atoms with van der Waals surface area (Å²) in [5.74, 6) is 0. The maximum atomic E-state index is 4.48. The lowest BCUT2D eigenvalue weighted by Crippen LogP contribution is -2.41. The van der Waals surface area contributed by atoms with Crippen LogP contribution in [0.25, 0.3) is 10.9 Å². The Morgan fingerprint density at radius 2 is 2.15 bits per heavy atom. The third-order valence-corrected chi connectivity index (χ3v) is 4.29. The lowest BCUT2D eigenvalue weighted by atomic mass is 9.97. The molecule has 1 aliphatic heterocycles. The van der Waals surface area contributed by atoms with E-state index >= 15 is 0 Å². The molecule has 3 heteroatoms. The molecular formula is C17H23N3. The molecule has 1 N–H and O–H groups in total. The topological polar surface area (TPSA) is 28.2 Å². The number of pyridine rings is 1. The van der Waals surface area contributed by atoms with Gasteiger partial charge in [-0.25, -0.2) is 0 Å². The zero-order valence-corrected chi connectivity index (χ0v) is 12.2. The van der Waals surface area contributed by atoms with E-state index in [1.807, 2.05) is 13.2 Å². The summed E-state index contributed by atoms with van der Waals surface area (Å²) in [7, 11) is 2.04. The Morgan fingerprint density at radius 3 is 3.05 bits per heavy atom. The smallest absolute Gasteiger partial charge is 0.0722 e. The van der Waals surface area contributed by atoms with Crippen LogP contribution in [0.3, 0.4) is 0 Å². The fraction of sp³-hybridized carbons (Fsp3) is 0.471. The van der Waals surface area contributed by atoms with Crippen LogP contribution in [0.5, 0.6) is 0 Å². The molecule has 106 valence electrons. The molecule has 1 aromatic carbocycles. The minimum absolute atomic E-state index is 0.655. The normalized spacial score (nSPS) is 19.4. The Morgan fingerprint density at radius 1 is 1.25 bits per heavy atom. The number of nitrogens with zero attached hydrogens (tertiary/aromatic N) is 2. The van der Waals surface area contributed by atoms with Gasteiger partial charge in [-0.3, -0.25) is 4.98 Å². The van der Waals surface area contributed by atoms with E-state index in [9.17, 15) is 0 Å². The van der Waals surface area contributed by atoms with Gasteiger partial charge in [0.1, 0.15) is 0 Å². The molecule has 3 rings (SSSR count). The Hall–Kier alpha value is -1.61. The van der Waals surface area contributed by atoms with Crippen molar-refractivity contribution in [3.05, 3.63) is 36.5 Å². The molecule has 2 aromatic rings. The zero-order chi connectivity index (χ0) is 13.8. The molecule has 0 bridgehead atoms. The number of fused-ring (bicyclic) bond motifs is 1. The van der Waals surface area contributed by atoms with E-state index in [0.717, 1.165) is 12.1 Å². The summed E-state index contributed by atoms with van der Waals surface area (Å²) in [4.78, 5) is 7.09. The molecule has 3 nitrogen and oxygen atoms in total. The van der Waals surface area contributed by atoms with Gasteiger partial charge in [-0.05, 0) is 51.4 Å². The van der Waals surface area contributed by atoms with Crippen molar-refractivity contribution in [2.24, 2.45) is 0 Å². The first-order valence-electron chi connectivity index (χ1n) is 7.65. The van der Waals surface area contributed by atoms with Crippen LogP contribution in [-0.2, 0) is 0 Å². The minimum Gasteiger partial charge on any atom is -0.368 e. The summed E-state index contributed by atoms with van der Waals surface area (Å²) in [6.07, 6.45) is 7.12. The number of hydrogen-bond donors (Lipinski definition) is 1. The van der Waals surface area contributed by atoms with Gasteiger partial charge in [-0.1, -0.05) is 18.2 Å². The van der Waals surface area contributed by atoms with E-state index in [0.29, 0.717) is 6.04 Å². The van der Waals surface area contributed by atoms with E-state index in [4.69, 9.17) is 0 Å². The average molecular weight is 269 g/mol. The molecule has 0 saturated carbocycles. The second-order valence-corrected chi connectivity index (χ2v) is 5.58. The monoisotopic (exact) mass is 269 g/mol. The minimum atomic E-state index is 0.655. The number of rotatable bonds is 4. The highest BCUT2D eigenvalue weighted by molar-refractivity contribution is 5.91. The van der Waals surface area contributed by atoms with Crippen molar-refractivity contribution in [2.45, 2.75) is 31.7 Å². The Bertz CT molecular complexity index is 562. The molecule has 1 saturated heterocycles. The molecule has 0 radical (unpaired) electrons. The van der Waals surface area contributed by atoms with Gasteiger partial charge >= 0.3 is 0 Å². The van der Waals surface area contributed by atoms with Crippen LogP contribution >= 0.6 is 0 Å². The van der Waals surface area contributed by atoms with Crippen molar-refractivity contribution >= 4 is 16.6 Å².